The van der Waals surface area contributed by atoms with Crippen molar-refractivity contribution in [1.82, 2.24) is 14.9 Å². The summed E-state index contributed by atoms with van der Waals surface area (Å²) in [5, 5.41) is 11.3. The van der Waals surface area contributed by atoms with E-state index in [1.807, 2.05) is 4.90 Å². The van der Waals surface area contributed by atoms with E-state index in [1.165, 1.54) is 18.2 Å². The van der Waals surface area contributed by atoms with Crippen molar-refractivity contribution >= 4 is 53.2 Å². The lowest BCUT2D eigenvalue weighted by atomic mass is 10.2. The molecule has 2 aromatic rings. The Labute approximate surface area is 178 Å². The van der Waals surface area contributed by atoms with Gasteiger partial charge in [-0.3, -0.25) is 10.1 Å². The number of nitrogens with zero attached hydrogens (tertiary/aromatic N) is 6. The van der Waals surface area contributed by atoms with Gasteiger partial charge in [-0.2, -0.15) is 0 Å². The van der Waals surface area contributed by atoms with E-state index < -0.39 is 4.92 Å². The molecule has 144 valence electrons. The van der Waals surface area contributed by atoms with Crippen LogP contribution < -0.4 is 10.6 Å². The third kappa shape index (κ3) is 5.39. The predicted molar refractivity (Wildman–Crippen MR) is 115 cm³/mol. The van der Waals surface area contributed by atoms with Crippen LogP contribution in [0.5, 0.6) is 0 Å². The number of rotatable bonds is 4. The Balaban J connectivity index is 0.00000261. The molecule has 11 heteroatoms. The smallest absolute Gasteiger partial charge is 0.269 e. The SMILES string of the molecule is I.NC(=NCc1cc([N+](=O)[O-])ccc1Cl)N1CCN(c2ncccn2)CC1. The molecule has 1 fully saturated rings. The van der Waals surface area contributed by atoms with Gasteiger partial charge in [0.1, 0.15) is 0 Å². The molecule has 0 radical (unpaired) electrons. The summed E-state index contributed by atoms with van der Waals surface area (Å²) < 4.78 is 0. The second-order valence-electron chi connectivity index (χ2n) is 5.73. The number of aromatic nitrogens is 2. The molecule has 0 bridgehead atoms. The lowest BCUT2D eigenvalue weighted by Gasteiger charge is -2.35. The molecule has 0 spiro atoms. The molecule has 2 N–H and O–H groups in total. The standard InChI is InChI=1S/C16H18ClN7O2.HI/c17-14-3-2-13(24(25)26)10-12(14)11-21-15(18)22-6-8-23(9-7-22)16-19-4-1-5-20-16;/h1-5,10H,6-9,11H2,(H2,18,21);1H. The molecule has 1 aliphatic rings. The Morgan fingerprint density at radius 2 is 1.93 bits per heavy atom. The van der Waals surface area contributed by atoms with Crippen molar-refractivity contribution in [2.75, 3.05) is 31.1 Å². The second-order valence-corrected chi connectivity index (χ2v) is 6.14. The monoisotopic (exact) mass is 503 g/mol. The summed E-state index contributed by atoms with van der Waals surface area (Å²) in [5.41, 5.74) is 6.63. The van der Waals surface area contributed by atoms with Crippen LogP contribution in [0.2, 0.25) is 5.02 Å². The van der Waals surface area contributed by atoms with Crippen LogP contribution >= 0.6 is 35.6 Å². The van der Waals surface area contributed by atoms with Crippen molar-refractivity contribution in [3.05, 3.63) is 57.4 Å². The second kappa shape index (κ2) is 9.65. The van der Waals surface area contributed by atoms with Crippen LogP contribution in [0.4, 0.5) is 11.6 Å². The maximum atomic E-state index is 10.9. The van der Waals surface area contributed by atoms with E-state index in [0.29, 0.717) is 35.6 Å². The van der Waals surface area contributed by atoms with E-state index >= 15 is 0 Å². The molecule has 1 saturated heterocycles. The quantitative estimate of drug-likeness (QED) is 0.224. The molecule has 0 saturated carbocycles. The molecule has 0 aliphatic carbocycles. The highest BCUT2D eigenvalue weighted by atomic mass is 127. The lowest BCUT2D eigenvalue weighted by molar-refractivity contribution is -0.384. The highest BCUT2D eigenvalue weighted by molar-refractivity contribution is 14.0. The van der Waals surface area contributed by atoms with Crippen molar-refractivity contribution < 1.29 is 4.92 Å². The highest BCUT2D eigenvalue weighted by Gasteiger charge is 2.20. The molecule has 1 aliphatic heterocycles. The molecular formula is C16H19ClIN7O2. The van der Waals surface area contributed by atoms with Gasteiger partial charge in [0.15, 0.2) is 5.96 Å². The van der Waals surface area contributed by atoms with Gasteiger partial charge in [-0.15, -0.1) is 24.0 Å². The fraction of sp³-hybridized carbons (Fsp3) is 0.312. The van der Waals surface area contributed by atoms with E-state index in [0.717, 1.165) is 13.1 Å². The molecule has 3 rings (SSSR count). The third-order valence-corrected chi connectivity index (χ3v) is 4.46. The number of benzene rings is 1. The number of hydrogen-bond donors (Lipinski definition) is 1. The van der Waals surface area contributed by atoms with E-state index in [1.54, 1.807) is 18.5 Å². The van der Waals surface area contributed by atoms with Gasteiger partial charge < -0.3 is 15.5 Å². The molecule has 1 aromatic carbocycles. The first-order valence-corrected chi connectivity index (χ1v) is 8.42. The summed E-state index contributed by atoms with van der Waals surface area (Å²) in [6.45, 7) is 3.04. The van der Waals surface area contributed by atoms with Gasteiger partial charge in [-0.25, -0.2) is 15.0 Å². The lowest BCUT2D eigenvalue weighted by Crippen LogP contribution is -2.51. The molecule has 27 heavy (non-hydrogen) atoms. The highest BCUT2D eigenvalue weighted by Crippen LogP contribution is 2.22. The predicted octanol–water partition coefficient (Wildman–Crippen LogP) is 2.29. The van der Waals surface area contributed by atoms with Gasteiger partial charge in [0.05, 0.1) is 11.5 Å². The van der Waals surface area contributed by atoms with Gasteiger partial charge in [0.25, 0.3) is 5.69 Å². The van der Waals surface area contributed by atoms with E-state index in [9.17, 15) is 10.1 Å². The number of guanidine groups is 1. The summed E-state index contributed by atoms with van der Waals surface area (Å²) in [6.07, 6.45) is 3.43. The number of hydrogen-bond acceptors (Lipinski definition) is 6. The zero-order valence-electron chi connectivity index (χ0n) is 14.4. The Bertz CT molecular complexity index is 814. The largest absolute Gasteiger partial charge is 0.370 e. The van der Waals surface area contributed by atoms with Crippen molar-refractivity contribution in [1.29, 1.82) is 0 Å². The number of nitro groups is 1. The topological polar surface area (TPSA) is 114 Å². The maximum Gasteiger partial charge on any atom is 0.269 e. The van der Waals surface area contributed by atoms with Crippen LogP contribution in [0, 0.1) is 10.1 Å². The number of piperazine rings is 1. The number of anilines is 1. The first-order chi connectivity index (χ1) is 12.5. The average molecular weight is 504 g/mol. The van der Waals surface area contributed by atoms with Crippen LogP contribution in [0.15, 0.2) is 41.7 Å². The van der Waals surface area contributed by atoms with Gasteiger partial charge in [0, 0.05) is 55.7 Å². The first kappa shape index (κ1) is 21.1. The number of aliphatic imine (C=N–C) groups is 1. The van der Waals surface area contributed by atoms with E-state index in [4.69, 9.17) is 17.3 Å². The average Bonchev–Trinajstić information content (AvgIpc) is 2.67. The first-order valence-electron chi connectivity index (χ1n) is 8.04. The Morgan fingerprint density at radius 1 is 1.26 bits per heavy atom. The number of nitro benzene ring substituents is 1. The minimum Gasteiger partial charge on any atom is -0.370 e. The van der Waals surface area contributed by atoms with E-state index in [-0.39, 0.29) is 36.2 Å². The van der Waals surface area contributed by atoms with Gasteiger partial charge in [-0.1, -0.05) is 11.6 Å². The van der Waals surface area contributed by atoms with Crippen LogP contribution in [0.1, 0.15) is 5.56 Å². The molecule has 9 nitrogen and oxygen atoms in total. The number of non-ortho nitro benzene ring substituents is 1. The van der Waals surface area contributed by atoms with Crippen LogP contribution in [0.25, 0.3) is 0 Å². The minimum atomic E-state index is -0.461. The zero-order chi connectivity index (χ0) is 18.5. The van der Waals surface area contributed by atoms with Crippen LogP contribution in [0.3, 0.4) is 0 Å². The van der Waals surface area contributed by atoms with Crippen molar-refractivity contribution in [3.63, 3.8) is 0 Å². The fourth-order valence-electron chi connectivity index (χ4n) is 2.65. The minimum absolute atomic E-state index is 0. The number of nitrogens with two attached hydrogens (primary N) is 1. The van der Waals surface area contributed by atoms with Crippen LogP contribution in [-0.4, -0.2) is 51.9 Å². The van der Waals surface area contributed by atoms with Gasteiger partial charge >= 0.3 is 0 Å². The molecular weight excluding hydrogens is 485 g/mol. The molecule has 1 aromatic heterocycles. The Morgan fingerprint density at radius 3 is 2.56 bits per heavy atom. The summed E-state index contributed by atoms with van der Waals surface area (Å²) in [6, 6.07) is 6.07. The molecule has 2 heterocycles. The van der Waals surface area contributed by atoms with Crippen LogP contribution in [-0.2, 0) is 6.54 Å². The van der Waals surface area contributed by atoms with Gasteiger partial charge in [-0.05, 0) is 17.7 Å². The summed E-state index contributed by atoms with van der Waals surface area (Å²) in [5.74, 6) is 1.09. The molecule has 0 amide bonds. The maximum absolute atomic E-state index is 10.9. The van der Waals surface area contributed by atoms with Crippen molar-refractivity contribution in [2.24, 2.45) is 10.7 Å². The zero-order valence-corrected chi connectivity index (χ0v) is 17.4. The summed E-state index contributed by atoms with van der Waals surface area (Å²) in [7, 11) is 0. The van der Waals surface area contributed by atoms with Gasteiger partial charge in [0.2, 0.25) is 5.95 Å². The van der Waals surface area contributed by atoms with Crippen molar-refractivity contribution in [2.45, 2.75) is 6.54 Å². The molecule has 0 unspecified atom stereocenters. The third-order valence-electron chi connectivity index (χ3n) is 4.09. The summed E-state index contributed by atoms with van der Waals surface area (Å²) >= 11 is 6.09. The fourth-order valence-corrected chi connectivity index (χ4v) is 2.83. The summed E-state index contributed by atoms with van der Waals surface area (Å²) in [4.78, 5) is 27.3. The Hall–Kier alpha value is -2.21. The molecule has 0 atom stereocenters. The normalized spacial score (nSPS) is 14.6. The Kier molecular flexibility index (Phi) is 7.54. The van der Waals surface area contributed by atoms with Crippen molar-refractivity contribution in [3.8, 4) is 0 Å². The number of halogens is 2. The van der Waals surface area contributed by atoms with E-state index in [2.05, 4.69) is 19.9 Å².